The Morgan fingerprint density at radius 2 is 1.91 bits per heavy atom. The fraction of sp³-hybridized carbons (Fsp3) is 0.368. The van der Waals surface area contributed by atoms with E-state index in [1.165, 1.54) is 11.3 Å². The quantitative estimate of drug-likeness (QED) is 0.362. The standard InChI is InChI=1S/C17H18N8OS2.C2HF3O2/c1-24(10-2-4-18-5-3-10)17-22-16-15(28-17)21-14(27-16)13-12(26)8-11(9-19-13)25-7-6-20-23-25;3-2(4,5)1(6)7/h6-10,18,26H,2-5H2,1H3;(H,6,7). The molecule has 1 fully saturated rings. The molecule has 4 aromatic heterocycles. The maximum Gasteiger partial charge on any atom is 0.490 e. The molecular weight excluding hydrogens is 509 g/mol. The van der Waals surface area contributed by atoms with E-state index in [0.29, 0.717) is 22.4 Å². The number of alkyl halides is 3. The monoisotopic (exact) mass is 528 g/mol. The molecule has 186 valence electrons. The van der Waals surface area contributed by atoms with Crippen molar-refractivity contribution in [2.45, 2.75) is 25.1 Å². The number of carboxylic acid groups (broad SMARTS) is 1. The Morgan fingerprint density at radius 3 is 2.49 bits per heavy atom. The number of thiazole rings is 2. The van der Waals surface area contributed by atoms with E-state index in [1.54, 1.807) is 40.7 Å². The summed E-state index contributed by atoms with van der Waals surface area (Å²) in [5, 5.41) is 30.3. The summed E-state index contributed by atoms with van der Waals surface area (Å²) in [6.07, 6.45) is 2.07. The lowest BCUT2D eigenvalue weighted by Gasteiger charge is -2.31. The van der Waals surface area contributed by atoms with Crippen LogP contribution in [0, 0.1) is 0 Å². The van der Waals surface area contributed by atoms with Crippen LogP contribution in [0.25, 0.3) is 26.0 Å². The summed E-state index contributed by atoms with van der Waals surface area (Å²) in [4.78, 5) is 26.7. The molecule has 3 N–H and O–H groups in total. The van der Waals surface area contributed by atoms with Crippen LogP contribution in [-0.2, 0) is 4.79 Å². The zero-order chi connectivity index (χ0) is 25.2. The van der Waals surface area contributed by atoms with Gasteiger partial charge in [-0.3, -0.25) is 0 Å². The van der Waals surface area contributed by atoms with Gasteiger partial charge in [0.1, 0.15) is 16.5 Å². The number of carbonyl (C=O) groups is 1. The van der Waals surface area contributed by atoms with E-state index in [1.807, 2.05) is 0 Å². The van der Waals surface area contributed by atoms with Crippen molar-refractivity contribution < 1.29 is 28.2 Å². The molecule has 0 radical (unpaired) electrons. The van der Waals surface area contributed by atoms with E-state index in [9.17, 15) is 18.3 Å². The first-order valence-corrected chi connectivity index (χ1v) is 11.8. The lowest BCUT2D eigenvalue weighted by molar-refractivity contribution is -0.192. The molecule has 5 heterocycles. The number of piperidine rings is 1. The van der Waals surface area contributed by atoms with Crippen molar-refractivity contribution in [3.8, 4) is 22.1 Å². The molecule has 0 saturated carbocycles. The minimum absolute atomic E-state index is 0.0569. The van der Waals surface area contributed by atoms with Gasteiger partial charge in [0.05, 0.1) is 24.3 Å². The van der Waals surface area contributed by atoms with Gasteiger partial charge in [-0.2, -0.15) is 13.2 Å². The summed E-state index contributed by atoms with van der Waals surface area (Å²) < 4.78 is 33.3. The van der Waals surface area contributed by atoms with Gasteiger partial charge in [0.2, 0.25) is 0 Å². The second kappa shape index (κ2) is 10.1. The largest absolute Gasteiger partial charge is 0.505 e. The van der Waals surface area contributed by atoms with Crippen LogP contribution in [0.5, 0.6) is 5.75 Å². The van der Waals surface area contributed by atoms with Gasteiger partial charge in [-0.1, -0.05) is 27.9 Å². The topological polar surface area (TPSA) is 142 Å². The van der Waals surface area contributed by atoms with E-state index in [2.05, 4.69) is 37.5 Å². The van der Waals surface area contributed by atoms with Crippen LogP contribution in [0.2, 0.25) is 0 Å². The average Bonchev–Trinajstić information content (AvgIpc) is 3.56. The summed E-state index contributed by atoms with van der Waals surface area (Å²) in [6, 6.07) is 2.12. The molecule has 11 nitrogen and oxygen atoms in total. The number of pyridine rings is 1. The predicted octanol–water partition coefficient (Wildman–Crippen LogP) is 2.92. The molecule has 0 aliphatic carbocycles. The van der Waals surface area contributed by atoms with Crippen molar-refractivity contribution >= 4 is 43.4 Å². The number of halogens is 3. The summed E-state index contributed by atoms with van der Waals surface area (Å²) >= 11 is 3.03. The van der Waals surface area contributed by atoms with Crippen LogP contribution in [0.15, 0.2) is 24.7 Å². The number of hydrogen-bond donors (Lipinski definition) is 3. The second-order valence-corrected chi connectivity index (χ2v) is 9.36. The lowest BCUT2D eigenvalue weighted by Crippen LogP contribution is -2.41. The SMILES string of the molecule is CN(c1nc2sc(-c3ncc(-n4ccnn4)cc3O)nc2s1)C1CCNCC1.O=C(O)C(F)(F)F. The smallest absolute Gasteiger partial charge is 0.490 e. The highest BCUT2D eigenvalue weighted by Gasteiger charge is 2.38. The van der Waals surface area contributed by atoms with Gasteiger partial charge in [-0.15, -0.1) is 5.10 Å². The van der Waals surface area contributed by atoms with Gasteiger partial charge in [0, 0.05) is 19.2 Å². The third-order valence-corrected chi connectivity index (χ3v) is 7.23. The molecular formula is C19H19F3N8O3S2. The average molecular weight is 529 g/mol. The van der Waals surface area contributed by atoms with Gasteiger partial charge in [0.25, 0.3) is 0 Å². The van der Waals surface area contributed by atoms with Gasteiger partial charge in [-0.05, 0) is 25.9 Å². The summed E-state index contributed by atoms with van der Waals surface area (Å²) in [5.74, 6) is -2.70. The molecule has 0 amide bonds. The van der Waals surface area contributed by atoms with E-state index in [4.69, 9.17) is 14.9 Å². The number of aromatic hydroxyl groups is 1. The predicted molar refractivity (Wildman–Crippen MR) is 123 cm³/mol. The molecule has 1 saturated heterocycles. The maximum absolute atomic E-state index is 10.6. The van der Waals surface area contributed by atoms with E-state index in [0.717, 1.165) is 40.7 Å². The van der Waals surface area contributed by atoms with Crippen LogP contribution in [0.1, 0.15) is 12.8 Å². The van der Waals surface area contributed by atoms with Crippen molar-refractivity contribution in [2.75, 3.05) is 25.0 Å². The molecule has 0 bridgehead atoms. The number of carboxylic acids is 1. The highest BCUT2D eigenvalue weighted by atomic mass is 32.1. The number of anilines is 1. The fourth-order valence-electron chi connectivity index (χ4n) is 3.31. The Labute approximate surface area is 203 Å². The van der Waals surface area contributed by atoms with Crippen molar-refractivity contribution in [3.63, 3.8) is 0 Å². The highest BCUT2D eigenvalue weighted by Crippen LogP contribution is 2.38. The zero-order valence-corrected chi connectivity index (χ0v) is 19.7. The van der Waals surface area contributed by atoms with Crippen molar-refractivity contribution in [1.29, 1.82) is 0 Å². The van der Waals surface area contributed by atoms with Crippen molar-refractivity contribution in [2.24, 2.45) is 0 Å². The molecule has 5 rings (SSSR count). The number of aliphatic carboxylic acids is 1. The normalized spacial score (nSPS) is 14.5. The molecule has 35 heavy (non-hydrogen) atoms. The minimum Gasteiger partial charge on any atom is -0.505 e. The van der Waals surface area contributed by atoms with Crippen molar-refractivity contribution in [1.82, 2.24) is 35.3 Å². The third kappa shape index (κ3) is 5.66. The number of hydrogen-bond acceptors (Lipinski definition) is 11. The summed E-state index contributed by atoms with van der Waals surface area (Å²) in [6.45, 7) is 2.10. The van der Waals surface area contributed by atoms with E-state index < -0.39 is 12.1 Å². The lowest BCUT2D eigenvalue weighted by atomic mass is 10.1. The van der Waals surface area contributed by atoms with E-state index in [-0.39, 0.29) is 5.75 Å². The van der Waals surface area contributed by atoms with Gasteiger partial charge >= 0.3 is 12.1 Å². The molecule has 1 aliphatic rings. The molecule has 0 aromatic carbocycles. The number of aromatic nitrogens is 6. The number of fused-ring (bicyclic) bond motifs is 1. The van der Waals surface area contributed by atoms with Gasteiger partial charge < -0.3 is 20.4 Å². The van der Waals surface area contributed by atoms with Crippen molar-refractivity contribution in [3.05, 3.63) is 24.7 Å². The Balaban J connectivity index is 0.000000364. The van der Waals surface area contributed by atoms with Crippen LogP contribution in [-0.4, -0.2) is 78.5 Å². The third-order valence-electron chi connectivity index (χ3n) is 5.11. The van der Waals surface area contributed by atoms with E-state index >= 15 is 0 Å². The minimum atomic E-state index is -5.08. The first kappa shape index (κ1) is 24.7. The molecule has 0 atom stereocenters. The zero-order valence-electron chi connectivity index (χ0n) is 18.1. The summed E-state index contributed by atoms with van der Waals surface area (Å²) in [7, 11) is 2.11. The van der Waals surface area contributed by atoms with Crippen LogP contribution < -0.4 is 10.2 Å². The molecule has 0 unspecified atom stereocenters. The van der Waals surface area contributed by atoms with Crippen LogP contribution in [0.4, 0.5) is 18.3 Å². The highest BCUT2D eigenvalue weighted by molar-refractivity contribution is 7.29. The Kier molecular flexibility index (Phi) is 7.13. The summed E-state index contributed by atoms with van der Waals surface area (Å²) in [5.41, 5.74) is 1.09. The van der Waals surface area contributed by atoms with Gasteiger partial charge in [-0.25, -0.2) is 24.4 Å². The maximum atomic E-state index is 10.6. The van der Waals surface area contributed by atoms with Gasteiger partial charge in [0.15, 0.2) is 14.8 Å². The molecule has 16 heteroatoms. The first-order valence-electron chi connectivity index (χ1n) is 10.2. The molecule has 0 spiro atoms. The Bertz CT molecular complexity index is 1270. The molecule has 1 aliphatic heterocycles. The molecule has 4 aromatic rings. The van der Waals surface area contributed by atoms with Crippen LogP contribution in [0.3, 0.4) is 0 Å². The number of nitrogens with zero attached hydrogens (tertiary/aromatic N) is 7. The Morgan fingerprint density at radius 1 is 1.23 bits per heavy atom. The van der Waals surface area contributed by atoms with Crippen LogP contribution >= 0.6 is 22.7 Å². The first-order chi connectivity index (χ1) is 16.6. The Hall–Kier alpha value is -3.37. The number of rotatable bonds is 4. The number of nitrogens with one attached hydrogen (secondary N) is 1. The fourth-order valence-corrected chi connectivity index (χ4v) is 5.39. The second-order valence-electron chi connectivity index (χ2n) is 7.43.